The van der Waals surface area contributed by atoms with Crippen LogP contribution < -0.4 is 10.7 Å². The maximum absolute atomic E-state index is 12.4. The van der Waals surface area contributed by atoms with Crippen LogP contribution in [-0.4, -0.2) is 34.5 Å². The molecule has 1 fully saturated rings. The first kappa shape index (κ1) is 19.4. The lowest BCUT2D eigenvalue weighted by molar-refractivity contribution is 0.0935. The molecule has 0 unspecified atom stereocenters. The fourth-order valence-electron chi connectivity index (χ4n) is 3.76. The van der Waals surface area contributed by atoms with Gasteiger partial charge in [0, 0.05) is 44.1 Å². The topological polar surface area (TPSA) is 54.3 Å². The van der Waals surface area contributed by atoms with Crippen molar-refractivity contribution < 1.29 is 4.79 Å². The molecule has 1 aliphatic heterocycles. The van der Waals surface area contributed by atoms with E-state index >= 15 is 0 Å². The highest BCUT2D eigenvalue weighted by Gasteiger charge is 2.22. The molecule has 1 aromatic heterocycles. The van der Waals surface area contributed by atoms with Crippen molar-refractivity contribution in [1.82, 2.24) is 14.8 Å². The zero-order valence-corrected chi connectivity index (χ0v) is 16.3. The summed E-state index contributed by atoms with van der Waals surface area (Å²) in [7, 11) is 1.84. The summed E-state index contributed by atoms with van der Waals surface area (Å²) >= 11 is 0. The summed E-state index contributed by atoms with van der Waals surface area (Å²) in [6.07, 6.45) is 6.16. The standard InChI is InChI=1S/C22H29N3O2/c1-17-14-21(26)20(16-24(17)2)22(27)23-12-11-19-10-6-7-13-25(19)15-18-8-4-3-5-9-18/h3-5,8-9,14,16,19H,6-7,10-13,15H2,1-2H3,(H,23,27)/t19-/m1/s1. The first-order valence-corrected chi connectivity index (χ1v) is 9.78. The van der Waals surface area contributed by atoms with E-state index in [1.54, 1.807) is 10.8 Å². The predicted octanol–water partition coefficient (Wildman–Crippen LogP) is 2.87. The van der Waals surface area contributed by atoms with Crippen LogP contribution in [0.5, 0.6) is 0 Å². The van der Waals surface area contributed by atoms with Crippen LogP contribution >= 0.6 is 0 Å². The van der Waals surface area contributed by atoms with E-state index in [9.17, 15) is 9.59 Å². The average Bonchev–Trinajstić information content (AvgIpc) is 2.67. The molecule has 144 valence electrons. The van der Waals surface area contributed by atoms with Gasteiger partial charge in [0.1, 0.15) is 5.56 Å². The van der Waals surface area contributed by atoms with E-state index in [-0.39, 0.29) is 16.9 Å². The molecule has 1 saturated heterocycles. The van der Waals surface area contributed by atoms with E-state index in [2.05, 4.69) is 34.5 Å². The molecule has 0 saturated carbocycles. The summed E-state index contributed by atoms with van der Waals surface area (Å²) in [5.74, 6) is -0.277. The molecule has 2 aromatic rings. The van der Waals surface area contributed by atoms with Crippen molar-refractivity contribution >= 4 is 5.91 Å². The minimum atomic E-state index is -0.277. The molecule has 1 atom stereocenters. The molecule has 0 spiro atoms. The Morgan fingerprint density at radius 3 is 2.78 bits per heavy atom. The first-order valence-electron chi connectivity index (χ1n) is 9.78. The predicted molar refractivity (Wildman–Crippen MR) is 108 cm³/mol. The second-order valence-electron chi connectivity index (χ2n) is 7.45. The Morgan fingerprint density at radius 2 is 2.00 bits per heavy atom. The molecule has 0 bridgehead atoms. The second kappa shape index (κ2) is 9.00. The van der Waals surface area contributed by atoms with E-state index in [0.29, 0.717) is 12.6 Å². The summed E-state index contributed by atoms with van der Waals surface area (Å²) in [6.45, 7) is 4.50. The number of pyridine rings is 1. The van der Waals surface area contributed by atoms with Crippen LogP contribution in [0.3, 0.4) is 0 Å². The highest BCUT2D eigenvalue weighted by molar-refractivity contribution is 5.93. The van der Waals surface area contributed by atoms with Gasteiger partial charge in [-0.05, 0) is 38.3 Å². The van der Waals surface area contributed by atoms with Crippen LogP contribution in [0.25, 0.3) is 0 Å². The summed E-state index contributed by atoms with van der Waals surface area (Å²) in [5.41, 5.74) is 2.17. The van der Waals surface area contributed by atoms with Crippen molar-refractivity contribution in [3.8, 4) is 0 Å². The Balaban J connectivity index is 1.56. The average molecular weight is 367 g/mol. The third kappa shape index (κ3) is 5.07. The summed E-state index contributed by atoms with van der Waals surface area (Å²) in [6, 6.07) is 12.5. The Morgan fingerprint density at radius 1 is 1.22 bits per heavy atom. The van der Waals surface area contributed by atoms with Gasteiger partial charge in [0.05, 0.1) is 0 Å². The van der Waals surface area contributed by atoms with E-state index < -0.39 is 0 Å². The maximum Gasteiger partial charge on any atom is 0.256 e. The number of likely N-dealkylation sites (tertiary alicyclic amines) is 1. The van der Waals surface area contributed by atoms with Crippen molar-refractivity contribution in [2.45, 2.75) is 45.2 Å². The van der Waals surface area contributed by atoms with E-state index in [1.165, 1.54) is 24.5 Å². The molecular formula is C22H29N3O2. The van der Waals surface area contributed by atoms with Crippen LogP contribution in [0.2, 0.25) is 0 Å². The number of aromatic nitrogens is 1. The smallest absolute Gasteiger partial charge is 0.256 e. The fraction of sp³-hybridized carbons (Fsp3) is 0.455. The van der Waals surface area contributed by atoms with Crippen molar-refractivity contribution in [3.63, 3.8) is 0 Å². The van der Waals surface area contributed by atoms with Crippen molar-refractivity contribution in [2.24, 2.45) is 7.05 Å². The van der Waals surface area contributed by atoms with Gasteiger partial charge in [0.15, 0.2) is 5.43 Å². The number of benzene rings is 1. The molecule has 27 heavy (non-hydrogen) atoms. The third-order valence-electron chi connectivity index (χ3n) is 5.47. The summed E-state index contributed by atoms with van der Waals surface area (Å²) in [5, 5.41) is 2.94. The largest absolute Gasteiger partial charge is 0.354 e. The number of rotatable bonds is 6. The van der Waals surface area contributed by atoms with Gasteiger partial charge in [-0.15, -0.1) is 0 Å². The number of hydrogen-bond acceptors (Lipinski definition) is 3. The van der Waals surface area contributed by atoms with Crippen molar-refractivity contribution in [3.05, 3.63) is 69.6 Å². The zero-order valence-electron chi connectivity index (χ0n) is 16.3. The maximum atomic E-state index is 12.4. The molecule has 1 amide bonds. The van der Waals surface area contributed by atoms with Crippen LogP contribution in [0.1, 0.15) is 47.3 Å². The fourth-order valence-corrected chi connectivity index (χ4v) is 3.76. The molecule has 0 radical (unpaired) electrons. The monoisotopic (exact) mass is 367 g/mol. The summed E-state index contributed by atoms with van der Waals surface area (Å²) < 4.78 is 1.80. The van der Waals surface area contributed by atoms with Gasteiger partial charge in [0.25, 0.3) is 5.91 Å². The molecule has 1 aliphatic rings. The van der Waals surface area contributed by atoms with E-state index in [0.717, 1.165) is 31.6 Å². The highest BCUT2D eigenvalue weighted by Crippen LogP contribution is 2.21. The molecular weight excluding hydrogens is 338 g/mol. The molecule has 0 aliphatic carbocycles. The molecule has 1 N–H and O–H groups in total. The number of amides is 1. The lowest BCUT2D eigenvalue weighted by atomic mass is 9.98. The van der Waals surface area contributed by atoms with Crippen LogP contribution in [0.4, 0.5) is 0 Å². The number of carbonyl (C=O) groups excluding carboxylic acids is 1. The Bertz CT molecular complexity index is 829. The van der Waals surface area contributed by atoms with Gasteiger partial charge < -0.3 is 9.88 Å². The Hall–Kier alpha value is -2.40. The Labute approximate surface area is 161 Å². The molecule has 5 heteroatoms. The second-order valence-corrected chi connectivity index (χ2v) is 7.45. The molecule has 5 nitrogen and oxygen atoms in total. The van der Waals surface area contributed by atoms with Gasteiger partial charge >= 0.3 is 0 Å². The zero-order chi connectivity index (χ0) is 19.2. The van der Waals surface area contributed by atoms with Crippen molar-refractivity contribution in [1.29, 1.82) is 0 Å². The quantitative estimate of drug-likeness (QED) is 0.854. The number of hydrogen-bond donors (Lipinski definition) is 1. The first-order chi connectivity index (χ1) is 13.0. The number of piperidine rings is 1. The molecule has 1 aromatic carbocycles. The Kier molecular flexibility index (Phi) is 6.45. The van der Waals surface area contributed by atoms with Gasteiger partial charge in [-0.1, -0.05) is 36.8 Å². The highest BCUT2D eigenvalue weighted by atomic mass is 16.2. The van der Waals surface area contributed by atoms with Crippen LogP contribution in [-0.2, 0) is 13.6 Å². The minimum absolute atomic E-state index is 0.216. The lowest BCUT2D eigenvalue weighted by Crippen LogP contribution is -2.41. The van der Waals surface area contributed by atoms with E-state index in [4.69, 9.17) is 0 Å². The number of nitrogens with zero attached hydrogens (tertiary/aromatic N) is 2. The van der Waals surface area contributed by atoms with Crippen LogP contribution in [0, 0.1) is 6.92 Å². The summed E-state index contributed by atoms with van der Waals surface area (Å²) in [4.78, 5) is 27.0. The normalized spacial score (nSPS) is 17.6. The lowest BCUT2D eigenvalue weighted by Gasteiger charge is -2.36. The molecule has 3 rings (SSSR count). The van der Waals surface area contributed by atoms with Gasteiger partial charge in [0.2, 0.25) is 0 Å². The van der Waals surface area contributed by atoms with Gasteiger partial charge in [-0.25, -0.2) is 0 Å². The SMILES string of the molecule is Cc1cc(=O)c(C(=O)NCC[C@H]2CCCCN2Cc2ccccc2)cn1C. The van der Waals surface area contributed by atoms with Gasteiger partial charge in [-0.2, -0.15) is 0 Å². The van der Waals surface area contributed by atoms with Crippen LogP contribution in [0.15, 0.2) is 47.4 Å². The van der Waals surface area contributed by atoms with E-state index in [1.807, 2.05) is 20.0 Å². The number of nitrogens with one attached hydrogen (secondary N) is 1. The molecule has 2 heterocycles. The third-order valence-corrected chi connectivity index (χ3v) is 5.47. The number of carbonyl (C=O) groups is 1. The van der Waals surface area contributed by atoms with Gasteiger partial charge in [-0.3, -0.25) is 14.5 Å². The van der Waals surface area contributed by atoms with Crippen molar-refractivity contribution in [2.75, 3.05) is 13.1 Å². The number of aryl methyl sites for hydroxylation is 2. The minimum Gasteiger partial charge on any atom is -0.354 e.